The third-order valence-electron chi connectivity index (χ3n) is 3.41. The van der Waals surface area contributed by atoms with Crippen molar-refractivity contribution in [3.05, 3.63) is 15.6 Å². The molecule has 0 aliphatic carbocycles. The van der Waals surface area contributed by atoms with Gasteiger partial charge in [-0.25, -0.2) is 4.98 Å². The number of aryl methyl sites for hydroxylation is 2. The summed E-state index contributed by atoms with van der Waals surface area (Å²) in [4.78, 5) is 10.5. The number of rotatable bonds is 11. The number of aliphatic imine (C=N–C) groups is 1. The zero-order valence-electron chi connectivity index (χ0n) is 15.1. The molecule has 23 heavy (non-hydrogen) atoms. The molecule has 0 aliphatic rings. The van der Waals surface area contributed by atoms with Gasteiger partial charge in [0, 0.05) is 44.1 Å². The van der Waals surface area contributed by atoms with E-state index < -0.39 is 0 Å². The highest BCUT2D eigenvalue weighted by atomic mass is 32.1. The molecule has 0 unspecified atom stereocenters. The molecule has 6 heteroatoms. The summed E-state index contributed by atoms with van der Waals surface area (Å²) in [7, 11) is 0. The summed E-state index contributed by atoms with van der Waals surface area (Å²) >= 11 is 1.78. The number of ether oxygens (including phenoxy) is 1. The van der Waals surface area contributed by atoms with Gasteiger partial charge in [-0.15, -0.1) is 11.3 Å². The molecular formula is C17H32N4OS. The van der Waals surface area contributed by atoms with Crippen LogP contribution in [0.3, 0.4) is 0 Å². The number of hydrogen-bond acceptors (Lipinski definition) is 4. The third kappa shape index (κ3) is 8.91. The topological polar surface area (TPSA) is 58.5 Å². The molecule has 0 radical (unpaired) electrons. The maximum Gasteiger partial charge on any atom is 0.191 e. The fraction of sp³-hybridized carbons (Fsp3) is 0.765. The molecule has 0 spiro atoms. The van der Waals surface area contributed by atoms with Gasteiger partial charge in [0.1, 0.15) is 0 Å². The van der Waals surface area contributed by atoms with E-state index in [1.165, 1.54) is 16.3 Å². The van der Waals surface area contributed by atoms with Crippen LogP contribution in [0.5, 0.6) is 0 Å². The van der Waals surface area contributed by atoms with Crippen molar-refractivity contribution in [2.75, 3.05) is 32.8 Å². The molecule has 5 nitrogen and oxygen atoms in total. The van der Waals surface area contributed by atoms with Gasteiger partial charge in [0.2, 0.25) is 0 Å². The molecular weight excluding hydrogens is 308 g/mol. The standard InChI is InChI=1S/C17H32N4OS/c1-5-7-12-22-13-8-10-19-17(18-6-2)20-11-9-16-21-14(3)15(4)23-16/h5-13H2,1-4H3,(H2,18,19,20). The first-order chi connectivity index (χ1) is 11.2. The van der Waals surface area contributed by atoms with Gasteiger partial charge in [-0.2, -0.15) is 0 Å². The van der Waals surface area contributed by atoms with Gasteiger partial charge in [-0.05, 0) is 33.6 Å². The van der Waals surface area contributed by atoms with Crippen LogP contribution in [0.4, 0.5) is 0 Å². The van der Waals surface area contributed by atoms with Crippen LogP contribution in [0.2, 0.25) is 0 Å². The van der Waals surface area contributed by atoms with Crippen LogP contribution in [0.1, 0.15) is 48.7 Å². The lowest BCUT2D eigenvalue weighted by molar-refractivity contribution is 0.130. The van der Waals surface area contributed by atoms with Crippen molar-refractivity contribution in [2.45, 2.75) is 53.4 Å². The number of aromatic nitrogens is 1. The Morgan fingerprint density at radius 2 is 1.96 bits per heavy atom. The zero-order chi connectivity index (χ0) is 16.9. The highest BCUT2D eigenvalue weighted by molar-refractivity contribution is 7.11. The molecule has 0 atom stereocenters. The Balaban J connectivity index is 2.23. The largest absolute Gasteiger partial charge is 0.381 e. The molecule has 1 aromatic rings. The molecule has 2 N–H and O–H groups in total. The lowest BCUT2D eigenvalue weighted by atomic mass is 10.4. The number of unbranched alkanes of at least 4 members (excludes halogenated alkanes) is 1. The first kappa shape index (κ1) is 19.9. The van der Waals surface area contributed by atoms with Crippen LogP contribution in [-0.4, -0.2) is 43.8 Å². The Morgan fingerprint density at radius 3 is 2.61 bits per heavy atom. The van der Waals surface area contributed by atoms with E-state index >= 15 is 0 Å². The summed E-state index contributed by atoms with van der Waals surface area (Å²) in [5, 5.41) is 7.84. The molecule has 1 rings (SSSR count). The van der Waals surface area contributed by atoms with Gasteiger partial charge in [0.15, 0.2) is 5.96 Å². The minimum absolute atomic E-state index is 0.789. The van der Waals surface area contributed by atoms with Crippen LogP contribution >= 0.6 is 11.3 Å². The number of nitrogens with one attached hydrogen (secondary N) is 2. The molecule has 0 fully saturated rings. The Labute approximate surface area is 145 Å². The van der Waals surface area contributed by atoms with Crippen molar-refractivity contribution >= 4 is 17.3 Å². The molecule has 0 amide bonds. The van der Waals surface area contributed by atoms with Crippen LogP contribution in [-0.2, 0) is 11.2 Å². The van der Waals surface area contributed by atoms with Crippen molar-refractivity contribution in [1.29, 1.82) is 0 Å². The third-order valence-corrected chi connectivity index (χ3v) is 4.54. The monoisotopic (exact) mass is 340 g/mol. The van der Waals surface area contributed by atoms with Crippen molar-refractivity contribution in [3.63, 3.8) is 0 Å². The average molecular weight is 341 g/mol. The van der Waals surface area contributed by atoms with E-state index in [1.807, 2.05) is 0 Å². The van der Waals surface area contributed by atoms with Crippen molar-refractivity contribution in [1.82, 2.24) is 15.6 Å². The van der Waals surface area contributed by atoms with Gasteiger partial charge in [-0.3, -0.25) is 4.99 Å². The Kier molecular flexibility index (Phi) is 10.6. The van der Waals surface area contributed by atoms with E-state index in [2.05, 4.69) is 48.3 Å². The van der Waals surface area contributed by atoms with E-state index in [4.69, 9.17) is 4.74 Å². The number of guanidine groups is 1. The number of hydrogen-bond donors (Lipinski definition) is 2. The molecule has 0 aliphatic heterocycles. The summed E-state index contributed by atoms with van der Waals surface area (Å²) in [5.41, 5.74) is 1.15. The van der Waals surface area contributed by atoms with E-state index in [9.17, 15) is 0 Å². The smallest absolute Gasteiger partial charge is 0.191 e. The highest BCUT2D eigenvalue weighted by Gasteiger charge is 2.04. The van der Waals surface area contributed by atoms with E-state index in [1.54, 1.807) is 11.3 Å². The van der Waals surface area contributed by atoms with Crippen LogP contribution in [0.25, 0.3) is 0 Å². The van der Waals surface area contributed by atoms with E-state index in [0.717, 1.165) is 63.8 Å². The fourth-order valence-electron chi connectivity index (χ4n) is 1.98. The second-order valence-electron chi connectivity index (χ2n) is 5.51. The first-order valence-electron chi connectivity index (χ1n) is 8.70. The number of thiazole rings is 1. The molecule has 132 valence electrons. The zero-order valence-corrected chi connectivity index (χ0v) is 15.9. The molecule has 0 saturated carbocycles. The van der Waals surface area contributed by atoms with Gasteiger partial charge >= 0.3 is 0 Å². The number of nitrogens with zero attached hydrogens (tertiary/aromatic N) is 2. The van der Waals surface area contributed by atoms with Gasteiger partial charge in [0.05, 0.1) is 10.7 Å². The summed E-state index contributed by atoms with van der Waals surface area (Å²) in [6.07, 6.45) is 4.23. The quantitative estimate of drug-likeness (QED) is 0.369. The Bertz CT molecular complexity index is 440. The maximum atomic E-state index is 5.55. The lowest BCUT2D eigenvalue weighted by Crippen LogP contribution is -2.38. The predicted octanol–water partition coefficient (Wildman–Crippen LogP) is 3.06. The van der Waals surface area contributed by atoms with Gasteiger partial charge in [0.25, 0.3) is 0 Å². The normalized spacial score (nSPS) is 11.7. The van der Waals surface area contributed by atoms with Crippen molar-refractivity contribution in [3.8, 4) is 0 Å². The highest BCUT2D eigenvalue weighted by Crippen LogP contribution is 2.16. The summed E-state index contributed by atoms with van der Waals surface area (Å²) in [5.74, 6) is 0.881. The summed E-state index contributed by atoms with van der Waals surface area (Å²) < 4.78 is 5.55. The summed E-state index contributed by atoms with van der Waals surface area (Å²) in [6.45, 7) is 12.6. The average Bonchev–Trinajstić information content (AvgIpc) is 2.84. The molecule has 0 bridgehead atoms. The minimum atomic E-state index is 0.789. The van der Waals surface area contributed by atoms with E-state index in [0.29, 0.717) is 0 Å². The van der Waals surface area contributed by atoms with E-state index in [-0.39, 0.29) is 0 Å². The molecule has 0 saturated heterocycles. The SMILES string of the molecule is CCCCOCCCN=C(NCC)NCCc1nc(C)c(C)s1. The minimum Gasteiger partial charge on any atom is -0.381 e. The van der Waals surface area contributed by atoms with Gasteiger partial charge in [-0.1, -0.05) is 13.3 Å². The maximum absolute atomic E-state index is 5.55. The Morgan fingerprint density at radius 1 is 1.17 bits per heavy atom. The van der Waals surface area contributed by atoms with Crippen molar-refractivity contribution in [2.24, 2.45) is 4.99 Å². The second-order valence-corrected chi connectivity index (χ2v) is 6.79. The van der Waals surface area contributed by atoms with Crippen LogP contribution < -0.4 is 10.6 Å². The predicted molar refractivity (Wildman–Crippen MR) is 99.6 cm³/mol. The molecule has 0 aromatic carbocycles. The molecule has 1 aromatic heterocycles. The first-order valence-corrected chi connectivity index (χ1v) is 9.51. The van der Waals surface area contributed by atoms with Gasteiger partial charge < -0.3 is 15.4 Å². The lowest BCUT2D eigenvalue weighted by Gasteiger charge is -2.10. The fourth-order valence-corrected chi connectivity index (χ4v) is 2.92. The Hall–Kier alpha value is -1.14. The summed E-state index contributed by atoms with van der Waals surface area (Å²) in [6, 6.07) is 0. The second kappa shape index (κ2) is 12.3. The van der Waals surface area contributed by atoms with Crippen molar-refractivity contribution < 1.29 is 4.74 Å². The van der Waals surface area contributed by atoms with Crippen LogP contribution in [0.15, 0.2) is 4.99 Å². The molecule has 1 heterocycles. The van der Waals surface area contributed by atoms with Crippen LogP contribution in [0, 0.1) is 13.8 Å².